The van der Waals surface area contributed by atoms with Gasteiger partial charge >= 0.3 is 0 Å². The van der Waals surface area contributed by atoms with Crippen LogP contribution in [0.5, 0.6) is 0 Å². The summed E-state index contributed by atoms with van der Waals surface area (Å²) in [5.74, 6) is 1.88. The van der Waals surface area contributed by atoms with E-state index < -0.39 is 0 Å². The molecule has 1 fully saturated rings. The third-order valence-electron chi connectivity index (χ3n) is 3.86. The van der Waals surface area contributed by atoms with Crippen molar-refractivity contribution in [3.05, 3.63) is 23.4 Å². The number of hydrogen-bond acceptors (Lipinski definition) is 2. The summed E-state index contributed by atoms with van der Waals surface area (Å²) in [6, 6.07) is 2.96. The first-order valence-corrected chi connectivity index (χ1v) is 8.52. The lowest BCUT2D eigenvalue weighted by Crippen LogP contribution is -2.37. The molecule has 1 aliphatic carbocycles. The molecule has 2 nitrogen and oxygen atoms in total. The molecule has 0 N–H and O–H groups in total. The normalized spacial score (nSPS) is 16.3. The van der Waals surface area contributed by atoms with Crippen molar-refractivity contribution in [3.63, 3.8) is 0 Å². The Bertz CT molecular complexity index is 411. The summed E-state index contributed by atoms with van der Waals surface area (Å²) in [5, 5.41) is 0.884. The van der Waals surface area contributed by atoms with Crippen molar-refractivity contribution in [2.45, 2.75) is 57.8 Å². The molecule has 19 heavy (non-hydrogen) atoms. The van der Waals surface area contributed by atoms with Crippen molar-refractivity contribution in [2.75, 3.05) is 11.4 Å². The van der Waals surface area contributed by atoms with Gasteiger partial charge in [0.05, 0.1) is 0 Å². The lowest BCUT2D eigenvalue weighted by molar-refractivity contribution is 0.530. The third kappa shape index (κ3) is 3.71. The number of rotatable bonds is 5. The summed E-state index contributed by atoms with van der Waals surface area (Å²) in [6.07, 6.45) is 7.41. The number of pyridine rings is 1. The highest BCUT2D eigenvalue weighted by molar-refractivity contribution is 9.08. The van der Waals surface area contributed by atoms with Crippen LogP contribution in [0.3, 0.4) is 0 Å². The zero-order valence-corrected chi connectivity index (χ0v) is 13.9. The molecule has 0 aliphatic heterocycles. The van der Waals surface area contributed by atoms with Crippen LogP contribution in [0.25, 0.3) is 0 Å². The van der Waals surface area contributed by atoms with Crippen molar-refractivity contribution in [3.8, 4) is 0 Å². The topological polar surface area (TPSA) is 16.1 Å². The molecular weight excluding hydrogens is 300 g/mol. The highest BCUT2D eigenvalue weighted by Gasteiger charge is 2.25. The van der Waals surface area contributed by atoms with Crippen molar-refractivity contribution in [1.82, 2.24) is 4.98 Å². The fourth-order valence-corrected chi connectivity index (χ4v) is 3.32. The molecule has 0 amide bonds. The summed E-state index contributed by atoms with van der Waals surface area (Å²) in [7, 11) is 0. The number of halogens is 1. The second kappa shape index (κ2) is 6.74. The summed E-state index contributed by atoms with van der Waals surface area (Å²) >= 11 is 3.51. The van der Waals surface area contributed by atoms with Gasteiger partial charge in [-0.3, -0.25) is 0 Å². The van der Waals surface area contributed by atoms with Crippen molar-refractivity contribution >= 4 is 21.7 Å². The van der Waals surface area contributed by atoms with Gasteiger partial charge in [0.15, 0.2) is 0 Å². The molecule has 0 spiro atoms. The van der Waals surface area contributed by atoms with Gasteiger partial charge in [0.2, 0.25) is 0 Å². The van der Waals surface area contributed by atoms with Gasteiger partial charge in [-0.25, -0.2) is 4.98 Å². The molecule has 1 aromatic rings. The summed E-state index contributed by atoms with van der Waals surface area (Å²) < 4.78 is 0. The molecule has 0 bridgehead atoms. The minimum atomic E-state index is 0.678. The Labute approximate surface area is 125 Å². The number of nitrogens with zero attached hydrogens (tertiary/aromatic N) is 2. The maximum absolute atomic E-state index is 4.74. The van der Waals surface area contributed by atoms with Gasteiger partial charge in [-0.2, -0.15) is 0 Å². The van der Waals surface area contributed by atoms with Gasteiger partial charge in [-0.1, -0.05) is 48.7 Å². The standard InChI is InChI=1S/C16H25BrN2/c1-12(2)11-19(15-6-4-5-7-15)16-13(3)8-14(9-17)10-18-16/h8,10,12,15H,4-7,9,11H2,1-3H3. The van der Waals surface area contributed by atoms with Gasteiger partial charge in [-0.15, -0.1) is 0 Å². The molecule has 1 saturated carbocycles. The minimum Gasteiger partial charge on any atom is -0.353 e. The fourth-order valence-electron chi connectivity index (χ4n) is 3.02. The van der Waals surface area contributed by atoms with Gasteiger partial charge in [0.25, 0.3) is 0 Å². The quantitative estimate of drug-likeness (QED) is 0.730. The number of aryl methyl sites for hydroxylation is 1. The van der Waals surface area contributed by atoms with Crippen molar-refractivity contribution in [2.24, 2.45) is 5.92 Å². The second-order valence-corrected chi connectivity index (χ2v) is 6.66. The van der Waals surface area contributed by atoms with Crippen LogP contribution in [0.4, 0.5) is 5.82 Å². The Morgan fingerprint density at radius 3 is 2.58 bits per heavy atom. The number of hydrogen-bond donors (Lipinski definition) is 0. The van der Waals surface area contributed by atoms with Gasteiger partial charge in [0.1, 0.15) is 5.82 Å². The van der Waals surface area contributed by atoms with Crippen LogP contribution in [0, 0.1) is 12.8 Å². The molecule has 1 aliphatic rings. The molecule has 3 heteroatoms. The average molecular weight is 325 g/mol. The first kappa shape index (κ1) is 14.8. The molecule has 106 valence electrons. The molecule has 0 saturated heterocycles. The highest BCUT2D eigenvalue weighted by atomic mass is 79.9. The summed E-state index contributed by atoms with van der Waals surface area (Å²) in [6.45, 7) is 7.90. The Morgan fingerprint density at radius 2 is 2.05 bits per heavy atom. The smallest absolute Gasteiger partial charge is 0.131 e. The van der Waals surface area contributed by atoms with E-state index >= 15 is 0 Å². The lowest BCUT2D eigenvalue weighted by atomic mass is 10.1. The minimum absolute atomic E-state index is 0.678. The van der Waals surface area contributed by atoms with Gasteiger partial charge in [0, 0.05) is 24.1 Å². The van der Waals surface area contributed by atoms with Crippen LogP contribution in [-0.4, -0.2) is 17.6 Å². The lowest BCUT2D eigenvalue weighted by Gasteiger charge is -2.33. The van der Waals surface area contributed by atoms with Crippen LogP contribution in [0.2, 0.25) is 0 Å². The zero-order valence-electron chi connectivity index (χ0n) is 12.3. The van der Waals surface area contributed by atoms with E-state index in [-0.39, 0.29) is 0 Å². The van der Waals surface area contributed by atoms with E-state index in [9.17, 15) is 0 Å². The molecule has 0 atom stereocenters. The predicted molar refractivity (Wildman–Crippen MR) is 86.0 cm³/mol. The van der Waals surface area contributed by atoms with Gasteiger partial charge in [-0.05, 0) is 36.8 Å². The second-order valence-electron chi connectivity index (χ2n) is 6.10. The molecule has 0 aromatic carbocycles. The first-order chi connectivity index (χ1) is 9.11. The largest absolute Gasteiger partial charge is 0.353 e. The van der Waals surface area contributed by atoms with Crippen LogP contribution in [0.1, 0.15) is 50.7 Å². The summed E-state index contributed by atoms with van der Waals surface area (Å²) in [4.78, 5) is 7.30. The van der Waals surface area contributed by atoms with Crippen LogP contribution >= 0.6 is 15.9 Å². The van der Waals surface area contributed by atoms with E-state index in [4.69, 9.17) is 4.98 Å². The third-order valence-corrected chi connectivity index (χ3v) is 4.51. The Hall–Kier alpha value is -0.570. The summed E-state index contributed by atoms with van der Waals surface area (Å²) in [5.41, 5.74) is 2.57. The van der Waals surface area contributed by atoms with Crippen molar-refractivity contribution < 1.29 is 0 Å². The maximum Gasteiger partial charge on any atom is 0.131 e. The SMILES string of the molecule is Cc1cc(CBr)cnc1N(CC(C)C)C1CCCC1. The van der Waals surface area contributed by atoms with E-state index in [1.807, 2.05) is 6.20 Å². The first-order valence-electron chi connectivity index (χ1n) is 7.40. The average Bonchev–Trinajstić information content (AvgIpc) is 2.89. The Balaban J connectivity index is 2.26. The predicted octanol–water partition coefficient (Wildman–Crippen LogP) is 4.69. The molecule has 1 aromatic heterocycles. The number of anilines is 1. The molecule has 2 rings (SSSR count). The van der Waals surface area contributed by atoms with Crippen LogP contribution in [0.15, 0.2) is 12.3 Å². The van der Waals surface area contributed by atoms with Crippen LogP contribution < -0.4 is 4.90 Å². The van der Waals surface area contributed by atoms with Crippen LogP contribution in [-0.2, 0) is 5.33 Å². The number of alkyl halides is 1. The van der Waals surface area contributed by atoms with Gasteiger partial charge < -0.3 is 4.90 Å². The molecular formula is C16H25BrN2. The van der Waals surface area contributed by atoms with E-state index in [0.717, 1.165) is 11.9 Å². The molecule has 1 heterocycles. The molecule has 0 unspecified atom stereocenters. The Kier molecular flexibility index (Phi) is 5.26. The van der Waals surface area contributed by atoms with E-state index in [0.29, 0.717) is 12.0 Å². The monoisotopic (exact) mass is 324 g/mol. The number of aromatic nitrogens is 1. The Morgan fingerprint density at radius 1 is 1.37 bits per heavy atom. The highest BCUT2D eigenvalue weighted by Crippen LogP contribution is 2.30. The van der Waals surface area contributed by atoms with E-state index in [2.05, 4.69) is 47.7 Å². The molecule has 0 radical (unpaired) electrons. The van der Waals surface area contributed by atoms with Crippen molar-refractivity contribution in [1.29, 1.82) is 0 Å². The van der Waals surface area contributed by atoms with E-state index in [1.165, 1.54) is 42.6 Å². The zero-order chi connectivity index (χ0) is 13.8. The van der Waals surface area contributed by atoms with E-state index in [1.54, 1.807) is 0 Å². The maximum atomic E-state index is 4.74. The fraction of sp³-hybridized carbons (Fsp3) is 0.688.